The first-order valence-electron chi connectivity index (χ1n) is 10.7. The average Bonchev–Trinajstić information content (AvgIpc) is 3.28. The predicted molar refractivity (Wildman–Crippen MR) is 113 cm³/mol. The second kappa shape index (κ2) is 9.51. The summed E-state index contributed by atoms with van der Waals surface area (Å²) in [7, 11) is 0. The smallest absolute Gasteiger partial charge is 0.226 e. The molecular weight excluding hydrogens is 384 g/mol. The van der Waals surface area contributed by atoms with Gasteiger partial charge in [0, 0.05) is 30.1 Å². The van der Waals surface area contributed by atoms with Crippen LogP contribution < -0.4 is 5.32 Å². The number of nitriles is 1. The summed E-state index contributed by atoms with van der Waals surface area (Å²) in [5.74, 6) is 0.00277. The van der Waals surface area contributed by atoms with Crippen LogP contribution in [0.5, 0.6) is 0 Å². The summed E-state index contributed by atoms with van der Waals surface area (Å²) in [6, 6.07) is 2.74. The number of hydrogen-bond acceptors (Lipinski definition) is 6. The van der Waals surface area contributed by atoms with Gasteiger partial charge in [-0.15, -0.1) is 16.4 Å². The van der Waals surface area contributed by atoms with Crippen LogP contribution in [0.2, 0.25) is 0 Å². The van der Waals surface area contributed by atoms with Crippen LogP contribution in [0.1, 0.15) is 60.9 Å². The Morgan fingerprint density at radius 1 is 1.28 bits per heavy atom. The fraction of sp³-hybridized carbons (Fsp3) is 0.619. The van der Waals surface area contributed by atoms with E-state index >= 15 is 0 Å². The van der Waals surface area contributed by atoms with Crippen molar-refractivity contribution in [1.29, 1.82) is 5.26 Å². The van der Waals surface area contributed by atoms with Crippen LogP contribution in [-0.4, -0.2) is 44.9 Å². The summed E-state index contributed by atoms with van der Waals surface area (Å²) in [6.45, 7) is 2.57. The Balaban J connectivity index is 1.35. The van der Waals surface area contributed by atoms with Gasteiger partial charge in [-0.25, -0.2) is 0 Å². The molecule has 0 radical (unpaired) electrons. The Hall–Kier alpha value is -2.24. The van der Waals surface area contributed by atoms with Gasteiger partial charge in [0.25, 0.3) is 0 Å². The predicted octanol–water partition coefficient (Wildman–Crippen LogP) is 3.36. The number of carbonyl (C=O) groups excluding carboxylic acids is 1. The molecule has 1 aliphatic carbocycles. The minimum absolute atomic E-state index is 0.00277. The third kappa shape index (κ3) is 4.85. The van der Waals surface area contributed by atoms with E-state index in [1.165, 1.54) is 36.1 Å². The van der Waals surface area contributed by atoms with E-state index in [9.17, 15) is 10.1 Å². The maximum absolute atomic E-state index is 12.7. The molecule has 3 heterocycles. The molecule has 8 heteroatoms. The van der Waals surface area contributed by atoms with Crippen molar-refractivity contribution in [2.75, 3.05) is 18.4 Å². The number of aromatic nitrogens is 3. The first-order chi connectivity index (χ1) is 14.2. The highest BCUT2D eigenvalue weighted by Crippen LogP contribution is 2.37. The Bertz CT molecular complexity index is 869. The van der Waals surface area contributed by atoms with Crippen molar-refractivity contribution in [2.45, 2.75) is 70.4 Å². The molecule has 1 unspecified atom stereocenters. The molecule has 1 saturated heterocycles. The SMILES string of the molecule is N#Cc1c(NC(=O)CCN2CCCCC2Cn2ccnn2)sc2c1CCCCC2. The highest BCUT2D eigenvalue weighted by atomic mass is 32.1. The number of fused-ring (bicyclic) bond motifs is 1. The van der Waals surface area contributed by atoms with E-state index in [2.05, 4.69) is 26.6 Å². The van der Waals surface area contributed by atoms with Gasteiger partial charge in [-0.3, -0.25) is 14.4 Å². The molecule has 1 amide bonds. The van der Waals surface area contributed by atoms with Gasteiger partial charge >= 0.3 is 0 Å². The minimum Gasteiger partial charge on any atom is -0.317 e. The Labute approximate surface area is 175 Å². The van der Waals surface area contributed by atoms with Crippen LogP contribution in [0.15, 0.2) is 12.4 Å². The number of piperidine rings is 1. The van der Waals surface area contributed by atoms with Crippen molar-refractivity contribution in [3.05, 3.63) is 28.4 Å². The van der Waals surface area contributed by atoms with Crippen molar-refractivity contribution < 1.29 is 4.79 Å². The molecule has 0 spiro atoms. The lowest BCUT2D eigenvalue weighted by atomic mass is 10.0. The summed E-state index contributed by atoms with van der Waals surface area (Å²) >= 11 is 1.61. The number of likely N-dealkylation sites (tertiary alicyclic amines) is 1. The van der Waals surface area contributed by atoms with Crippen LogP contribution in [0.3, 0.4) is 0 Å². The van der Waals surface area contributed by atoms with Crippen LogP contribution >= 0.6 is 11.3 Å². The molecule has 0 bridgehead atoms. The average molecular weight is 413 g/mol. The van der Waals surface area contributed by atoms with Gasteiger partial charge in [0.15, 0.2) is 0 Å². The van der Waals surface area contributed by atoms with Gasteiger partial charge in [-0.05, 0) is 50.6 Å². The van der Waals surface area contributed by atoms with Crippen LogP contribution in [0, 0.1) is 11.3 Å². The molecule has 1 aliphatic heterocycles. The quantitative estimate of drug-likeness (QED) is 0.735. The normalized spacial score (nSPS) is 19.9. The zero-order valence-corrected chi connectivity index (χ0v) is 17.6. The molecule has 2 aliphatic rings. The molecule has 0 aromatic carbocycles. The topological polar surface area (TPSA) is 86.8 Å². The van der Waals surface area contributed by atoms with Gasteiger partial charge in [-0.2, -0.15) is 5.26 Å². The van der Waals surface area contributed by atoms with E-state index in [-0.39, 0.29) is 5.91 Å². The molecule has 4 rings (SSSR count). The molecular formula is C21H28N6OS. The third-order valence-corrected chi connectivity index (χ3v) is 7.24. The summed E-state index contributed by atoms with van der Waals surface area (Å²) in [5, 5.41) is 21.4. The van der Waals surface area contributed by atoms with E-state index in [0.717, 1.165) is 50.3 Å². The fourth-order valence-corrected chi connectivity index (χ4v) is 5.75. The van der Waals surface area contributed by atoms with E-state index in [1.807, 2.05) is 10.9 Å². The minimum atomic E-state index is 0.00277. The number of amides is 1. The number of nitrogens with zero attached hydrogens (tertiary/aromatic N) is 5. The maximum atomic E-state index is 12.7. The van der Waals surface area contributed by atoms with Crippen LogP contribution in [0.25, 0.3) is 0 Å². The first-order valence-corrected chi connectivity index (χ1v) is 11.5. The number of rotatable bonds is 6. The summed E-state index contributed by atoms with van der Waals surface area (Å²) < 4.78 is 1.88. The molecule has 1 atom stereocenters. The fourth-order valence-electron chi connectivity index (χ4n) is 4.49. The number of anilines is 1. The van der Waals surface area contributed by atoms with Gasteiger partial charge in [-0.1, -0.05) is 18.1 Å². The van der Waals surface area contributed by atoms with Crippen molar-refractivity contribution in [3.8, 4) is 6.07 Å². The van der Waals surface area contributed by atoms with Gasteiger partial charge in [0.2, 0.25) is 5.91 Å². The lowest BCUT2D eigenvalue weighted by molar-refractivity contribution is -0.116. The third-order valence-electron chi connectivity index (χ3n) is 6.03. The Kier molecular flexibility index (Phi) is 6.57. The summed E-state index contributed by atoms with van der Waals surface area (Å²) in [4.78, 5) is 16.4. The zero-order chi connectivity index (χ0) is 20.1. The second-order valence-corrected chi connectivity index (χ2v) is 9.09. The summed E-state index contributed by atoms with van der Waals surface area (Å²) in [5.41, 5.74) is 1.87. The monoisotopic (exact) mass is 412 g/mol. The highest BCUT2D eigenvalue weighted by Gasteiger charge is 2.24. The largest absolute Gasteiger partial charge is 0.317 e. The van der Waals surface area contributed by atoms with Crippen molar-refractivity contribution in [2.24, 2.45) is 0 Å². The number of hydrogen-bond donors (Lipinski definition) is 1. The Morgan fingerprint density at radius 3 is 3.00 bits per heavy atom. The standard InChI is InChI=1S/C21H28N6OS/c22-14-18-17-7-2-1-3-8-19(17)29-21(18)24-20(28)9-12-26-11-5-4-6-16(26)15-27-13-10-23-25-27/h10,13,16H,1-9,11-12,15H2,(H,24,28). The molecule has 2 aromatic heterocycles. The molecule has 1 fully saturated rings. The van der Waals surface area contributed by atoms with Crippen molar-refractivity contribution >= 4 is 22.2 Å². The lowest BCUT2D eigenvalue weighted by Gasteiger charge is -2.35. The molecule has 154 valence electrons. The molecule has 7 nitrogen and oxygen atoms in total. The molecule has 2 aromatic rings. The maximum Gasteiger partial charge on any atom is 0.226 e. The van der Waals surface area contributed by atoms with Crippen LogP contribution in [-0.2, 0) is 24.2 Å². The van der Waals surface area contributed by atoms with E-state index in [1.54, 1.807) is 17.5 Å². The first kappa shape index (κ1) is 20.0. The van der Waals surface area contributed by atoms with Gasteiger partial charge < -0.3 is 5.32 Å². The van der Waals surface area contributed by atoms with Gasteiger partial charge in [0.05, 0.1) is 18.3 Å². The molecule has 1 N–H and O–H groups in total. The van der Waals surface area contributed by atoms with Crippen LogP contribution in [0.4, 0.5) is 5.00 Å². The lowest BCUT2D eigenvalue weighted by Crippen LogP contribution is -2.43. The van der Waals surface area contributed by atoms with Crippen molar-refractivity contribution in [1.82, 2.24) is 19.9 Å². The second-order valence-electron chi connectivity index (χ2n) is 7.99. The highest BCUT2D eigenvalue weighted by molar-refractivity contribution is 7.16. The summed E-state index contributed by atoms with van der Waals surface area (Å²) in [6.07, 6.45) is 13.1. The Morgan fingerprint density at radius 2 is 2.17 bits per heavy atom. The molecule has 0 saturated carbocycles. The van der Waals surface area contributed by atoms with Gasteiger partial charge in [0.1, 0.15) is 11.1 Å². The number of aryl methyl sites for hydroxylation is 1. The number of nitrogens with one attached hydrogen (secondary N) is 1. The number of thiophene rings is 1. The van der Waals surface area contributed by atoms with E-state index in [0.29, 0.717) is 18.0 Å². The number of carbonyl (C=O) groups is 1. The van der Waals surface area contributed by atoms with Crippen molar-refractivity contribution in [3.63, 3.8) is 0 Å². The molecule has 29 heavy (non-hydrogen) atoms. The van der Waals surface area contributed by atoms with E-state index < -0.39 is 0 Å². The van der Waals surface area contributed by atoms with E-state index in [4.69, 9.17) is 0 Å². The zero-order valence-electron chi connectivity index (χ0n) is 16.8.